The summed E-state index contributed by atoms with van der Waals surface area (Å²) in [7, 11) is 3.01. The quantitative estimate of drug-likeness (QED) is 0.197. The molecule has 0 heterocycles. The summed E-state index contributed by atoms with van der Waals surface area (Å²) >= 11 is 0. The van der Waals surface area contributed by atoms with Gasteiger partial charge in [-0.05, 0) is 47.5 Å². The third kappa shape index (κ3) is 7.97. The first-order valence-corrected chi connectivity index (χ1v) is 12.1. The van der Waals surface area contributed by atoms with E-state index >= 15 is 0 Å². The van der Waals surface area contributed by atoms with Gasteiger partial charge < -0.3 is 18.9 Å². The Balaban J connectivity index is 2.08. The van der Waals surface area contributed by atoms with E-state index in [4.69, 9.17) is 18.9 Å². The van der Waals surface area contributed by atoms with E-state index in [0.29, 0.717) is 34.1 Å². The number of benzene rings is 2. The van der Waals surface area contributed by atoms with Crippen molar-refractivity contribution < 1.29 is 28.5 Å². The third-order valence-electron chi connectivity index (χ3n) is 5.42. The molecular weight excluding hydrogens is 484 g/mol. The molecule has 0 aliphatic carbocycles. The second kappa shape index (κ2) is 14.2. The number of nitrogens with zero attached hydrogens (tertiary/aromatic N) is 2. The highest BCUT2D eigenvalue weighted by Gasteiger charge is 2.15. The van der Waals surface area contributed by atoms with Crippen LogP contribution in [0.3, 0.4) is 0 Å². The smallest absolute Gasteiger partial charge is 0.175 e. The zero-order chi connectivity index (χ0) is 28.2. The van der Waals surface area contributed by atoms with Crippen LogP contribution in [0, 0.1) is 34.5 Å². The molecule has 0 atom stereocenters. The number of methoxy groups -OCH3 is 2. The van der Waals surface area contributed by atoms with Crippen molar-refractivity contribution in [3.05, 3.63) is 58.7 Å². The van der Waals surface area contributed by atoms with E-state index in [9.17, 15) is 20.1 Å². The average molecular weight is 517 g/mol. The molecule has 0 bridgehead atoms. The summed E-state index contributed by atoms with van der Waals surface area (Å²) in [6, 6.07) is 14.2. The molecule has 2 rings (SSSR count). The van der Waals surface area contributed by atoms with Crippen molar-refractivity contribution >= 4 is 23.7 Å². The van der Waals surface area contributed by atoms with Crippen LogP contribution in [0.5, 0.6) is 23.0 Å². The Morgan fingerprint density at radius 1 is 0.711 bits per heavy atom. The molecule has 8 nitrogen and oxygen atoms in total. The van der Waals surface area contributed by atoms with Gasteiger partial charge in [-0.15, -0.1) is 0 Å². The van der Waals surface area contributed by atoms with Crippen molar-refractivity contribution in [2.75, 3.05) is 27.4 Å². The lowest BCUT2D eigenvalue weighted by atomic mass is 10.00. The monoisotopic (exact) mass is 516 g/mol. The molecule has 0 radical (unpaired) electrons. The van der Waals surface area contributed by atoms with E-state index < -0.39 is 0 Å². The summed E-state index contributed by atoms with van der Waals surface area (Å²) in [6.07, 6.45) is 3.06. The van der Waals surface area contributed by atoms with Crippen molar-refractivity contribution in [1.29, 1.82) is 10.5 Å². The van der Waals surface area contributed by atoms with Crippen molar-refractivity contribution in [2.24, 2.45) is 11.8 Å². The van der Waals surface area contributed by atoms with Gasteiger partial charge in [-0.2, -0.15) is 10.5 Å². The number of rotatable bonds is 13. The molecule has 0 spiro atoms. The van der Waals surface area contributed by atoms with Crippen LogP contribution in [0.2, 0.25) is 0 Å². The zero-order valence-corrected chi connectivity index (χ0v) is 22.5. The van der Waals surface area contributed by atoms with Crippen molar-refractivity contribution in [3.8, 4) is 35.1 Å². The summed E-state index contributed by atoms with van der Waals surface area (Å²) in [5.74, 6) is 0.857. The lowest BCUT2D eigenvalue weighted by Gasteiger charge is -2.14. The standard InChI is InChI=1S/C30H32N2O6/c1-19(2)29(33)23(17-31)13-21-7-9-25(27(15-21)35-5)37-11-12-38-26-10-8-22(16-28(26)36-6)14-24(18-32)30(34)20(3)4/h7-10,13-16,19-20H,11-12H2,1-6H3. The number of hydrogen-bond donors (Lipinski definition) is 0. The molecule has 0 unspecified atom stereocenters. The van der Waals surface area contributed by atoms with E-state index in [1.54, 1.807) is 64.1 Å². The van der Waals surface area contributed by atoms with Crippen LogP contribution in [-0.2, 0) is 9.59 Å². The zero-order valence-electron chi connectivity index (χ0n) is 22.5. The number of nitriles is 2. The van der Waals surface area contributed by atoms with Crippen LogP contribution < -0.4 is 18.9 Å². The molecule has 0 saturated heterocycles. The lowest BCUT2D eigenvalue weighted by Crippen LogP contribution is -2.10. The fourth-order valence-electron chi connectivity index (χ4n) is 3.36. The highest BCUT2D eigenvalue weighted by molar-refractivity contribution is 6.04. The SMILES string of the molecule is COc1cc(C=C(C#N)C(=O)C(C)C)ccc1OCCOc1ccc(C=C(C#N)C(=O)C(C)C)cc1OC. The third-order valence-corrected chi connectivity index (χ3v) is 5.42. The summed E-state index contributed by atoms with van der Waals surface area (Å²) < 4.78 is 22.4. The minimum Gasteiger partial charge on any atom is -0.493 e. The molecule has 0 aliphatic heterocycles. The van der Waals surface area contributed by atoms with Crippen LogP contribution in [-0.4, -0.2) is 39.0 Å². The number of ketones is 2. The molecule has 8 heteroatoms. The van der Waals surface area contributed by atoms with Gasteiger partial charge in [0.15, 0.2) is 34.6 Å². The first-order valence-electron chi connectivity index (χ1n) is 12.1. The molecule has 2 aromatic carbocycles. The van der Waals surface area contributed by atoms with Gasteiger partial charge in [0.25, 0.3) is 0 Å². The minimum absolute atomic E-state index is 0.0787. The first-order chi connectivity index (χ1) is 18.1. The predicted octanol–water partition coefficient (Wildman–Crippen LogP) is 5.43. The van der Waals surface area contributed by atoms with E-state index in [-0.39, 0.29) is 47.8 Å². The number of carbonyl (C=O) groups is 2. The van der Waals surface area contributed by atoms with Crippen LogP contribution in [0.4, 0.5) is 0 Å². The summed E-state index contributed by atoms with van der Waals surface area (Å²) in [5, 5.41) is 18.6. The number of ether oxygens (including phenoxy) is 4. The highest BCUT2D eigenvalue weighted by atomic mass is 16.5. The van der Waals surface area contributed by atoms with Crippen molar-refractivity contribution in [3.63, 3.8) is 0 Å². The molecule has 38 heavy (non-hydrogen) atoms. The summed E-state index contributed by atoms with van der Waals surface area (Å²) in [6.45, 7) is 7.38. The first kappa shape index (κ1) is 29.7. The molecule has 0 fully saturated rings. The second-order valence-corrected chi connectivity index (χ2v) is 8.90. The molecule has 198 valence electrons. The van der Waals surface area contributed by atoms with E-state index in [1.807, 2.05) is 12.1 Å². The van der Waals surface area contributed by atoms with Crippen LogP contribution in [0.15, 0.2) is 47.5 Å². The summed E-state index contributed by atoms with van der Waals surface area (Å²) in [4.78, 5) is 24.3. The van der Waals surface area contributed by atoms with Gasteiger partial charge in [0.2, 0.25) is 0 Å². The average Bonchev–Trinajstić information content (AvgIpc) is 2.92. The van der Waals surface area contributed by atoms with E-state index in [0.717, 1.165) is 0 Å². The number of allylic oxidation sites excluding steroid dienone is 2. The van der Waals surface area contributed by atoms with Crippen LogP contribution in [0.25, 0.3) is 12.2 Å². The second-order valence-electron chi connectivity index (χ2n) is 8.90. The lowest BCUT2D eigenvalue weighted by molar-refractivity contribution is -0.118. The predicted molar refractivity (Wildman–Crippen MR) is 144 cm³/mol. The molecule has 0 aromatic heterocycles. The molecule has 0 amide bonds. The van der Waals surface area contributed by atoms with Crippen LogP contribution >= 0.6 is 0 Å². The fourth-order valence-corrected chi connectivity index (χ4v) is 3.36. The van der Waals surface area contributed by atoms with Crippen molar-refractivity contribution in [1.82, 2.24) is 0 Å². The van der Waals surface area contributed by atoms with Crippen LogP contribution in [0.1, 0.15) is 38.8 Å². The molecular formula is C30H32N2O6. The fraction of sp³-hybridized carbons (Fsp3) is 0.333. The molecule has 0 aliphatic rings. The molecule has 0 saturated carbocycles. The van der Waals surface area contributed by atoms with E-state index in [1.165, 1.54) is 26.4 Å². The normalized spacial score (nSPS) is 11.5. The van der Waals surface area contributed by atoms with Gasteiger partial charge in [0.05, 0.1) is 25.4 Å². The van der Waals surface area contributed by atoms with Gasteiger partial charge in [-0.1, -0.05) is 39.8 Å². The topological polar surface area (TPSA) is 119 Å². The maximum absolute atomic E-state index is 12.2. The van der Waals surface area contributed by atoms with Crippen molar-refractivity contribution in [2.45, 2.75) is 27.7 Å². The van der Waals surface area contributed by atoms with Gasteiger partial charge in [0.1, 0.15) is 25.4 Å². The van der Waals surface area contributed by atoms with Gasteiger partial charge in [-0.25, -0.2) is 0 Å². The Morgan fingerprint density at radius 3 is 1.37 bits per heavy atom. The molecule has 0 N–H and O–H groups in total. The Labute approximate surface area is 223 Å². The maximum Gasteiger partial charge on any atom is 0.175 e. The van der Waals surface area contributed by atoms with Gasteiger partial charge in [-0.3, -0.25) is 9.59 Å². The Bertz CT molecular complexity index is 1210. The van der Waals surface area contributed by atoms with E-state index in [2.05, 4.69) is 0 Å². The minimum atomic E-state index is -0.277. The highest BCUT2D eigenvalue weighted by Crippen LogP contribution is 2.31. The van der Waals surface area contributed by atoms with Gasteiger partial charge in [0, 0.05) is 11.8 Å². The largest absolute Gasteiger partial charge is 0.493 e. The Hall–Kier alpha value is -4.56. The Kier molecular flexibility index (Phi) is 11.1. The number of hydrogen-bond acceptors (Lipinski definition) is 8. The molecule has 2 aromatic rings. The van der Waals surface area contributed by atoms with Gasteiger partial charge >= 0.3 is 0 Å². The maximum atomic E-state index is 12.2. The number of carbonyl (C=O) groups excluding carboxylic acids is 2. The summed E-state index contributed by atoms with van der Waals surface area (Å²) in [5.41, 5.74) is 1.44. The number of Topliss-reactive ketones (excluding diaryl/α,β-unsaturated/α-hetero) is 2. The Morgan fingerprint density at radius 2 is 1.08 bits per heavy atom.